The molecule has 1 aliphatic carbocycles. The second-order valence-electron chi connectivity index (χ2n) is 5.86. The van der Waals surface area contributed by atoms with E-state index < -0.39 is 17.3 Å². The molecule has 0 bridgehead atoms. The van der Waals surface area contributed by atoms with Crippen LogP contribution in [0.3, 0.4) is 0 Å². The van der Waals surface area contributed by atoms with Crippen molar-refractivity contribution in [3.63, 3.8) is 0 Å². The van der Waals surface area contributed by atoms with Crippen LogP contribution in [0.4, 0.5) is 0 Å². The van der Waals surface area contributed by atoms with Crippen LogP contribution >= 0.6 is 0 Å². The van der Waals surface area contributed by atoms with Crippen molar-refractivity contribution in [1.29, 1.82) is 0 Å². The average molecular weight is 302 g/mol. The molecule has 4 heteroatoms. The minimum Gasteiger partial charge on any atom is -0.465 e. The van der Waals surface area contributed by atoms with Gasteiger partial charge in [-0.05, 0) is 38.7 Å². The van der Waals surface area contributed by atoms with Gasteiger partial charge in [0.25, 0.3) is 0 Å². The molecule has 118 valence electrons. The van der Waals surface area contributed by atoms with Crippen molar-refractivity contribution >= 4 is 17.5 Å². The van der Waals surface area contributed by atoms with Gasteiger partial charge in [0.05, 0.1) is 6.61 Å². The maximum atomic E-state index is 12.4. The maximum Gasteiger partial charge on any atom is 0.319 e. The van der Waals surface area contributed by atoms with Crippen LogP contribution in [0.1, 0.15) is 51.0 Å². The van der Waals surface area contributed by atoms with Crippen LogP contribution < -0.4 is 0 Å². The smallest absolute Gasteiger partial charge is 0.319 e. The van der Waals surface area contributed by atoms with Crippen LogP contribution in [0.5, 0.6) is 0 Å². The highest BCUT2D eigenvalue weighted by molar-refractivity contribution is 6.06. The molecule has 0 saturated heterocycles. The summed E-state index contributed by atoms with van der Waals surface area (Å²) < 4.78 is 5.15. The number of ether oxygens (including phenoxy) is 1. The molecule has 0 N–H and O–H groups in total. The Balaban J connectivity index is 2.34. The Bertz CT molecular complexity index is 564. The minimum absolute atomic E-state index is 0.0328. The normalized spacial score (nSPS) is 22.4. The summed E-state index contributed by atoms with van der Waals surface area (Å²) >= 11 is 0. The first-order chi connectivity index (χ1) is 10.5. The molecule has 0 radical (unpaired) electrons. The Hall–Kier alpha value is -1.97. The Labute approximate surface area is 130 Å². The first-order valence-corrected chi connectivity index (χ1v) is 7.77. The summed E-state index contributed by atoms with van der Waals surface area (Å²) in [7, 11) is 0. The number of esters is 1. The van der Waals surface area contributed by atoms with Crippen molar-refractivity contribution in [3.05, 3.63) is 35.9 Å². The zero-order valence-corrected chi connectivity index (χ0v) is 13.1. The Morgan fingerprint density at radius 1 is 1.27 bits per heavy atom. The van der Waals surface area contributed by atoms with E-state index in [9.17, 15) is 14.4 Å². The summed E-state index contributed by atoms with van der Waals surface area (Å²) in [6.45, 7) is 3.48. The molecule has 1 aromatic rings. The average Bonchev–Trinajstić information content (AvgIpc) is 2.87. The van der Waals surface area contributed by atoms with Gasteiger partial charge < -0.3 is 4.74 Å². The maximum absolute atomic E-state index is 12.4. The molecule has 2 rings (SSSR count). The molecular weight excluding hydrogens is 280 g/mol. The van der Waals surface area contributed by atoms with Crippen LogP contribution in [-0.4, -0.2) is 24.1 Å². The molecule has 1 saturated carbocycles. The molecule has 2 atom stereocenters. The Kier molecular flexibility index (Phi) is 5.11. The first-order valence-electron chi connectivity index (χ1n) is 7.77. The second kappa shape index (κ2) is 6.86. The van der Waals surface area contributed by atoms with E-state index in [2.05, 4.69) is 0 Å². The number of carbonyl (C=O) groups excluding carboxylic acids is 3. The van der Waals surface area contributed by atoms with Crippen molar-refractivity contribution in [2.24, 2.45) is 5.41 Å². The van der Waals surface area contributed by atoms with E-state index in [-0.39, 0.29) is 24.6 Å². The van der Waals surface area contributed by atoms with E-state index in [0.717, 1.165) is 5.56 Å². The lowest BCUT2D eigenvalue weighted by Crippen LogP contribution is -2.39. The fraction of sp³-hybridized carbons (Fsp3) is 0.500. The van der Waals surface area contributed by atoms with Gasteiger partial charge in [-0.2, -0.15) is 0 Å². The fourth-order valence-corrected chi connectivity index (χ4v) is 3.24. The van der Waals surface area contributed by atoms with Crippen molar-refractivity contribution in [1.82, 2.24) is 0 Å². The SMILES string of the molecule is CCOC(=O)[C@@]1(C[C@H](C(C)=O)c2ccccc2)CCCC1=O. The number of hydrogen-bond donors (Lipinski definition) is 0. The number of rotatable bonds is 6. The molecule has 0 aromatic heterocycles. The summed E-state index contributed by atoms with van der Waals surface area (Å²) in [4.78, 5) is 36.9. The van der Waals surface area contributed by atoms with Crippen molar-refractivity contribution in [3.8, 4) is 0 Å². The molecule has 0 unspecified atom stereocenters. The van der Waals surface area contributed by atoms with E-state index in [0.29, 0.717) is 19.3 Å². The highest BCUT2D eigenvalue weighted by atomic mass is 16.5. The molecule has 0 aliphatic heterocycles. The lowest BCUT2D eigenvalue weighted by atomic mass is 9.74. The topological polar surface area (TPSA) is 60.4 Å². The lowest BCUT2D eigenvalue weighted by molar-refractivity contribution is -0.159. The summed E-state index contributed by atoms with van der Waals surface area (Å²) in [6, 6.07) is 9.33. The molecule has 0 spiro atoms. The van der Waals surface area contributed by atoms with Crippen LogP contribution in [0.15, 0.2) is 30.3 Å². The number of benzene rings is 1. The van der Waals surface area contributed by atoms with Gasteiger partial charge in [0.2, 0.25) is 0 Å². The van der Waals surface area contributed by atoms with Crippen LogP contribution in [0, 0.1) is 5.41 Å². The standard InChI is InChI=1S/C18H22O4/c1-3-22-17(21)18(11-7-10-16(18)20)12-15(13(2)19)14-8-5-4-6-9-14/h4-6,8-9,15H,3,7,10-12H2,1-2H3/t15-,18-/m1/s1. The predicted octanol–water partition coefficient (Wildman–Crippen LogP) is 3.05. The molecule has 0 amide bonds. The van der Waals surface area contributed by atoms with Gasteiger partial charge in [-0.15, -0.1) is 0 Å². The highest BCUT2D eigenvalue weighted by Crippen LogP contribution is 2.44. The molecule has 4 nitrogen and oxygen atoms in total. The van der Waals surface area contributed by atoms with Gasteiger partial charge in [0, 0.05) is 12.3 Å². The van der Waals surface area contributed by atoms with Gasteiger partial charge in [0.1, 0.15) is 17.0 Å². The second-order valence-corrected chi connectivity index (χ2v) is 5.86. The molecule has 22 heavy (non-hydrogen) atoms. The third-order valence-corrected chi connectivity index (χ3v) is 4.45. The Morgan fingerprint density at radius 3 is 2.45 bits per heavy atom. The van der Waals surface area contributed by atoms with E-state index in [1.54, 1.807) is 6.92 Å². The first kappa shape index (κ1) is 16.4. The van der Waals surface area contributed by atoms with E-state index in [1.165, 1.54) is 6.92 Å². The molecule has 1 aliphatic rings. The van der Waals surface area contributed by atoms with E-state index in [4.69, 9.17) is 4.74 Å². The number of hydrogen-bond acceptors (Lipinski definition) is 4. The summed E-state index contributed by atoms with van der Waals surface area (Å²) in [5.41, 5.74) is -0.305. The van der Waals surface area contributed by atoms with Gasteiger partial charge in [-0.1, -0.05) is 30.3 Å². The van der Waals surface area contributed by atoms with Crippen molar-refractivity contribution in [2.45, 2.75) is 45.4 Å². The molecular formula is C18H22O4. The number of carbonyl (C=O) groups is 3. The number of Topliss-reactive ketones (excluding diaryl/α,β-unsaturated/α-hetero) is 2. The van der Waals surface area contributed by atoms with Gasteiger partial charge >= 0.3 is 5.97 Å². The van der Waals surface area contributed by atoms with Crippen LogP contribution in [0.25, 0.3) is 0 Å². The van der Waals surface area contributed by atoms with Crippen molar-refractivity contribution in [2.75, 3.05) is 6.61 Å². The minimum atomic E-state index is -1.15. The monoisotopic (exact) mass is 302 g/mol. The highest BCUT2D eigenvalue weighted by Gasteiger charge is 2.51. The lowest BCUT2D eigenvalue weighted by Gasteiger charge is -2.28. The van der Waals surface area contributed by atoms with Crippen LogP contribution in [-0.2, 0) is 19.1 Å². The quantitative estimate of drug-likeness (QED) is 0.598. The zero-order valence-electron chi connectivity index (χ0n) is 13.1. The van der Waals surface area contributed by atoms with Gasteiger partial charge in [-0.25, -0.2) is 0 Å². The number of ketones is 2. The Morgan fingerprint density at radius 2 is 1.95 bits per heavy atom. The fourth-order valence-electron chi connectivity index (χ4n) is 3.24. The molecule has 1 aromatic carbocycles. The van der Waals surface area contributed by atoms with Gasteiger partial charge in [-0.3, -0.25) is 14.4 Å². The van der Waals surface area contributed by atoms with E-state index in [1.807, 2.05) is 30.3 Å². The zero-order chi connectivity index (χ0) is 16.2. The summed E-state index contributed by atoms with van der Waals surface area (Å²) in [5.74, 6) is -1.05. The van der Waals surface area contributed by atoms with Gasteiger partial charge in [0.15, 0.2) is 0 Å². The molecule has 1 fully saturated rings. The van der Waals surface area contributed by atoms with Crippen molar-refractivity contribution < 1.29 is 19.1 Å². The molecule has 0 heterocycles. The summed E-state index contributed by atoms with van der Waals surface area (Å²) in [6.07, 6.45) is 1.75. The van der Waals surface area contributed by atoms with Crippen LogP contribution in [0.2, 0.25) is 0 Å². The third-order valence-electron chi connectivity index (χ3n) is 4.45. The third kappa shape index (κ3) is 3.11. The largest absolute Gasteiger partial charge is 0.465 e. The summed E-state index contributed by atoms with van der Waals surface area (Å²) in [5, 5.41) is 0. The predicted molar refractivity (Wildman–Crippen MR) is 82.4 cm³/mol. The van der Waals surface area contributed by atoms with E-state index >= 15 is 0 Å².